The second-order valence-electron chi connectivity index (χ2n) is 4.55. The molecule has 5 heteroatoms. The van der Waals surface area contributed by atoms with Crippen molar-refractivity contribution < 1.29 is 14.6 Å². The van der Waals surface area contributed by atoms with Crippen LogP contribution in [0.5, 0.6) is 5.75 Å². The third-order valence-electron chi connectivity index (χ3n) is 3.09. The van der Waals surface area contributed by atoms with Gasteiger partial charge in [-0.05, 0) is 50.3 Å². The first kappa shape index (κ1) is 14.1. The Bertz CT molecular complexity index is 810. The number of aromatic carboxylic acids is 1. The van der Waals surface area contributed by atoms with E-state index in [4.69, 9.17) is 4.74 Å². The van der Waals surface area contributed by atoms with E-state index in [-0.39, 0.29) is 5.56 Å². The fraction of sp³-hybridized carbons (Fsp3) is 0.0625. The molecule has 3 aromatic rings. The van der Waals surface area contributed by atoms with E-state index in [0.717, 1.165) is 20.1 Å². The summed E-state index contributed by atoms with van der Waals surface area (Å²) in [4.78, 5) is 11.4. The second kappa shape index (κ2) is 5.87. The minimum Gasteiger partial charge on any atom is -0.488 e. The number of thiophene rings is 1. The molecular weight excluding hydrogens is 352 g/mol. The summed E-state index contributed by atoms with van der Waals surface area (Å²) in [7, 11) is 0. The van der Waals surface area contributed by atoms with Gasteiger partial charge in [0.2, 0.25) is 0 Å². The average Bonchev–Trinajstić information content (AvgIpc) is 2.89. The highest BCUT2D eigenvalue weighted by Gasteiger charge is 2.13. The molecule has 0 aliphatic rings. The van der Waals surface area contributed by atoms with Crippen LogP contribution in [-0.2, 0) is 6.61 Å². The Morgan fingerprint density at radius 1 is 1.19 bits per heavy atom. The fourth-order valence-electron chi connectivity index (χ4n) is 2.09. The van der Waals surface area contributed by atoms with Crippen LogP contribution in [0.1, 0.15) is 15.9 Å². The van der Waals surface area contributed by atoms with Crippen LogP contribution in [-0.4, -0.2) is 11.1 Å². The summed E-state index contributed by atoms with van der Waals surface area (Å²) in [6, 6.07) is 13.0. The van der Waals surface area contributed by atoms with Crippen molar-refractivity contribution in [2.45, 2.75) is 6.61 Å². The molecule has 1 N–H and O–H groups in total. The monoisotopic (exact) mass is 362 g/mol. The van der Waals surface area contributed by atoms with Gasteiger partial charge in [-0.2, -0.15) is 0 Å². The minimum atomic E-state index is -0.984. The van der Waals surface area contributed by atoms with Crippen LogP contribution in [0.15, 0.2) is 51.6 Å². The maximum absolute atomic E-state index is 11.4. The number of carboxylic acid groups (broad SMARTS) is 1. The third-order valence-corrected chi connectivity index (χ3v) is 4.65. The average molecular weight is 363 g/mol. The summed E-state index contributed by atoms with van der Waals surface area (Å²) >= 11 is 4.97. The fourth-order valence-corrected chi connectivity index (χ4v) is 3.28. The molecule has 0 aliphatic heterocycles. The molecule has 0 unspecified atom stereocenters. The first-order chi connectivity index (χ1) is 10.1. The lowest BCUT2D eigenvalue weighted by Gasteiger charge is -2.10. The second-order valence-corrected chi connectivity index (χ2v) is 6.84. The highest BCUT2D eigenvalue weighted by Crippen LogP contribution is 2.28. The van der Waals surface area contributed by atoms with Gasteiger partial charge in [-0.1, -0.05) is 24.3 Å². The molecule has 1 heterocycles. The molecule has 0 spiro atoms. The predicted molar refractivity (Wildman–Crippen MR) is 87.3 cm³/mol. The topological polar surface area (TPSA) is 46.5 Å². The van der Waals surface area contributed by atoms with E-state index in [9.17, 15) is 9.90 Å². The van der Waals surface area contributed by atoms with Crippen molar-refractivity contribution in [3.8, 4) is 5.75 Å². The maximum Gasteiger partial charge on any atom is 0.339 e. The number of benzene rings is 2. The molecule has 0 radical (unpaired) electrons. The Balaban J connectivity index is 1.95. The number of ether oxygens (including phenoxy) is 1. The Morgan fingerprint density at radius 3 is 2.52 bits per heavy atom. The molecule has 1 aromatic heterocycles. The van der Waals surface area contributed by atoms with Crippen LogP contribution in [0.25, 0.3) is 10.8 Å². The molecule has 21 heavy (non-hydrogen) atoms. The minimum absolute atomic E-state index is 0.183. The lowest BCUT2D eigenvalue weighted by molar-refractivity contribution is 0.0692. The molecule has 0 atom stereocenters. The first-order valence-corrected chi connectivity index (χ1v) is 7.92. The number of carboxylic acids is 1. The van der Waals surface area contributed by atoms with Gasteiger partial charge >= 0.3 is 5.97 Å². The molecule has 0 saturated carbocycles. The van der Waals surface area contributed by atoms with Crippen LogP contribution in [0.2, 0.25) is 0 Å². The standard InChI is InChI=1S/C16H11BrO3S/c17-15-5-10(9-21-15)8-20-14-7-12-4-2-1-3-11(12)6-13(14)16(18)19/h1-7,9H,8H2,(H,18,19). The van der Waals surface area contributed by atoms with Gasteiger partial charge in [-0.3, -0.25) is 0 Å². The SMILES string of the molecule is O=C(O)c1cc2ccccc2cc1OCc1csc(Br)c1. The van der Waals surface area contributed by atoms with Gasteiger partial charge in [-0.15, -0.1) is 11.3 Å². The molecule has 0 bridgehead atoms. The van der Waals surface area contributed by atoms with E-state index in [2.05, 4.69) is 15.9 Å². The van der Waals surface area contributed by atoms with E-state index < -0.39 is 5.97 Å². The zero-order chi connectivity index (χ0) is 14.8. The van der Waals surface area contributed by atoms with Gasteiger partial charge in [0.05, 0.1) is 3.79 Å². The summed E-state index contributed by atoms with van der Waals surface area (Å²) in [5.41, 5.74) is 1.19. The van der Waals surface area contributed by atoms with Crippen molar-refractivity contribution in [2.24, 2.45) is 0 Å². The highest BCUT2D eigenvalue weighted by atomic mass is 79.9. The summed E-state index contributed by atoms with van der Waals surface area (Å²) in [5, 5.41) is 13.2. The molecule has 2 aromatic carbocycles. The van der Waals surface area contributed by atoms with Gasteiger partial charge in [-0.25, -0.2) is 4.79 Å². The van der Waals surface area contributed by atoms with Gasteiger partial charge in [0, 0.05) is 5.56 Å². The van der Waals surface area contributed by atoms with Gasteiger partial charge in [0.15, 0.2) is 0 Å². The predicted octanol–water partition coefficient (Wildman–Crippen LogP) is 4.94. The third kappa shape index (κ3) is 3.09. The van der Waals surface area contributed by atoms with E-state index >= 15 is 0 Å². The van der Waals surface area contributed by atoms with Crippen LogP contribution in [0.3, 0.4) is 0 Å². The van der Waals surface area contributed by atoms with Crippen LogP contribution in [0.4, 0.5) is 0 Å². The number of hydrogen-bond acceptors (Lipinski definition) is 3. The number of rotatable bonds is 4. The Hall–Kier alpha value is -1.85. The summed E-state index contributed by atoms with van der Waals surface area (Å²) in [6.45, 7) is 0.348. The largest absolute Gasteiger partial charge is 0.488 e. The molecule has 0 aliphatic carbocycles. The van der Waals surface area contributed by atoms with Crippen LogP contribution < -0.4 is 4.74 Å². The quantitative estimate of drug-likeness (QED) is 0.714. The van der Waals surface area contributed by atoms with Crippen molar-refractivity contribution in [1.29, 1.82) is 0 Å². The van der Waals surface area contributed by atoms with Gasteiger partial charge in [0.25, 0.3) is 0 Å². The molecule has 0 amide bonds. The normalized spacial score (nSPS) is 10.7. The van der Waals surface area contributed by atoms with Gasteiger partial charge in [0.1, 0.15) is 17.9 Å². The van der Waals surface area contributed by atoms with Crippen molar-refractivity contribution >= 4 is 44.0 Å². The number of fused-ring (bicyclic) bond motifs is 1. The van der Waals surface area contributed by atoms with Gasteiger partial charge < -0.3 is 9.84 Å². The number of hydrogen-bond donors (Lipinski definition) is 1. The summed E-state index contributed by atoms with van der Waals surface area (Å²) in [6.07, 6.45) is 0. The van der Waals surface area contributed by atoms with E-state index in [0.29, 0.717) is 12.4 Å². The van der Waals surface area contributed by atoms with Crippen LogP contribution in [0, 0.1) is 0 Å². The van der Waals surface area contributed by atoms with Crippen molar-refractivity contribution in [3.05, 3.63) is 62.8 Å². The maximum atomic E-state index is 11.4. The highest BCUT2D eigenvalue weighted by molar-refractivity contribution is 9.11. The van der Waals surface area contributed by atoms with Crippen molar-refractivity contribution in [3.63, 3.8) is 0 Å². The molecule has 106 valence electrons. The molecule has 0 saturated heterocycles. The Kier molecular flexibility index (Phi) is 3.94. The summed E-state index contributed by atoms with van der Waals surface area (Å²) < 4.78 is 6.74. The van der Waals surface area contributed by atoms with E-state index in [1.165, 1.54) is 0 Å². The Labute approximate surface area is 133 Å². The van der Waals surface area contributed by atoms with Crippen molar-refractivity contribution in [1.82, 2.24) is 0 Å². The number of halogens is 1. The Morgan fingerprint density at radius 2 is 1.90 bits per heavy atom. The van der Waals surface area contributed by atoms with Crippen molar-refractivity contribution in [2.75, 3.05) is 0 Å². The number of carbonyl (C=O) groups is 1. The lowest BCUT2D eigenvalue weighted by atomic mass is 10.1. The molecule has 3 rings (SSSR count). The first-order valence-electron chi connectivity index (χ1n) is 6.25. The van der Waals surface area contributed by atoms with Crippen LogP contribution >= 0.6 is 27.3 Å². The molecule has 0 fully saturated rings. The zero-order valence-electron chi connectivity index (χ0n) is 10.9. The smallest absolute Gasteiger partial charge is 0.339 e. The van der Waals surface area contributed by atoms with E-state index in [1.54, 1.807) is 23.5 Å². The lowest BCUT2D eigenvalue weighted by Crippen LogP contribution is -2.03. The summed E-state index contributed by atoms with van der Waals surface area (Å²) in [5.74, 6) is -0.592. The zero-order valence-corrected chi connectivity index (χ0v) is 13.3. The van der Waals surface area contributed by atoms with E-state index in [1.807, 2.05) is 35.7 Å². The molecular formula is C16H11BrO3S. The molecule has 3 nitrogen and oxygen atoms in total.